The number of hydrogen-bond donors (Lipinski definition) is 1. The molecule has 0 saturated carbocycles. The smallest absolute Gasteiger partial charge is 0.317 e. The number of carbonyl (C=O) groups is 1. The van der Waals surface area contributed by atoms with Gasteiger partial charge in [-0.15, -0.1) is 10.2 Å². The van der Waals surface area contributed by atoms with Crippen LogP contribution in [0.25, 0.3) is 11.1 Å². The first-order valence-corrected chi connectivity index (χ1v) is 3.93. The molecule has 0 saturated heterocycles. The van der Waals surface area contributed by atoms with Crippen molar-refractivity contribution < 1.29 is 19.1 Å². The summed E-state index contributed by atoms with van der Waals surface area (Å²) in [6.07, 6.45) is 0.115. The number of furan rings is 1. The molecule has 6 heteroatoms. The lowest BCUT2D eigenvalue weighted by Crippen LogP contribution is -2.00. The molecule has 1 aliphatic heterocycles. The standard InChI is InChI=1S/C8H4N2O4/c11-5-1-3-7-4(2-6(12)13-7)9-10-8(3)14-5/h1,11H,2H2. The Morgan fingerprint density at radius 3 is 3.14 bits per heavy atom. The fourth-order valence-corrected chi connectivity index (χ4v) is 1.43. The maximum atomic E-state index is 11.0. The van der Waals surface area contributed by atoms with Crippen molar-refractivity contribution in [3.63, 3.8) is 0 Å². The summed E-state index contributed by atoms with van der Waals surface area (Å²) in [5.74, 6) is -0.308. The fraction of sp³-hybridized carbons (Fsp3) is 0.125. The van der Waals surface area contributed by atoms with Gasteiger partial charge in [-0.3, -0.25) is 4.79 Å². The molecule has 14 heavy (non-hydrogen) atoms. The van der Waals surface area contributed by atoms with Crippen LogP contribution in [0.5, 0.6) is 11.7 Å². The van der Waals surface area contributed by atoms with Crippen LogP contribution in [0.15, 0.2) is 10.5 Å². The van der Waals surface area contributed by atoms with Crippen molar-refractivity contribution in [2.75, 3.05) is 0 Å². The van der Waals surface area contributed by atoms with Gasteiger partial charge in [-0.1, -0.05) is 0 Å². The number of rotatable bonds is 0. The van der Waals surface area contributed by atoms with E-state index in [9.17, 15) is 4.79 Å². The van der Waals surface area contributed by atoms with Crippen LogP contribution < -0.4 is 4.74 Å². The van der Waals surface area contributed by atoms with Crippen LogP contribution in [0.4, 0.5) is 0 Å². The van der Waals surface area contributed by atoms with Crippen LogP contribution in [0.1, 0.15) is 5.69 Å². The van der Waals surface area contributed by atoms with Gasteiger partial charge in [0, 0.05) is 6.07 Å². The predicted molar refractivity (Wildman–Crippen MR) is 42.8 cm³/mol. The van der Waals surface area contributed by atoms with Gasteiger partial charge in [0.15, 0.2) is 5.75 Å². The molecule has 0 aliphatic carbocycles. The Hall–Kier alpha value is -2.11. The molecule has 3 heterocycles. The van der Waals surface area contributed by atoms with Gasteiger partial charge in [-0.25, -0.2) is 0 Å². The van der Waals surface area contributed by atoms with Gasteiger partial charge in [-0.05, 0) is 0 Å². The topological polar surface area (TPSA) is 85.5 Å². The van der Waals surface area contributed by atoms with E-state index in [0.717, 1.165) is 0 Å². The van der Waals surface area contributed by atoms with Crippen LogP contribution in [0.2, 0.25) is 0 Å². The van der Waals surface area contributed by atoms with Crippen molar-refractivity contribution in [2.24, 2.45) is 0 Å². The number of ether oxygens (including phenoxy) is 1. The number of carbonyl (C=O) groups excluding carboxylic acids is 1. The molecule has 0 aromatic carbocycles. The molecule has 1 N–H and O–H groups in total. The zero-order chi connectivity index (χ0) is 9.71. The second kappa shape index (κ2) is 2.22. The van der Waals surface area contributed by atoms with Gasteiger partial charge in [-0.2, -0.15) is 0 Å². The zero-order valence-electron chi connectivity index (χ0n) is 6.85. The largest absolute Gasteiger partial charge is 0.481 e. The molecule has 0 bridgehead atoms. The summed E-state index contributed by atoms with van der Waals surface area (Å²) in [5, 5.41) is 17.0. The third-order valence-electron chi connectivity index (χ3n) is 2.00. The highest BCUT2D eigenvalue weighted by molar-refractivity contribution is 5.91. The molecule has 2 aromatic heterocycles. The number of nitrogens with zero attached hydrogens (tertiary/aromatic N) is 2. The van der Waals surface area contributed by atoms with E-state index in [2.05, 4.69) is 10.2 Å². The molecular weight excluding hydrogens is 188 g/mol. The molecule has 1 aliphatic rings. The number of hydrogen-bond acceptors (Lipinski definition) is 6. The maximum Gasteiger partial charge on any atom is 0.317 e. The summed E-state index contributed by atoms with van der Waals surface area (Å²) in [7, 11) is 0. The first-order valence-electron chi connectivity index (χ1n) is 3.93. The summed E-state index contributed by atoms with van der Waals surface area (Å²) in [6, 6.07) is 1.35. The molecular formula is C8H4N2O4. The van der Waals surface area contributed by atoms with E-state index in [1.54, 1.807) is 0 Å². The Kier molecular flexibility index (Phi) is 1.16. The second-order valence-electron chi connectivity index (χ2n) is 2.93. The predicted octanol–water partition coefficient (Wildman–Crippen LogP) is 0.390. The number of aromatic hydroxyl groups is 1. The van der Waals surface area contributed by atoms with Gasteiger partial charge in [0.25, 0.3) is 11.7 Å². The van der Waals surface area contributed by atoms with Crippen molar-refractivity contribution in [1.82, 2.24) is 10.2 Å². The van der Waals surface area contributed by atoms with Crippen LogP contribution in [-0.2, 0) is 11.2 Å². The average molecular weight is 192 g/mol. The highest BCUT2D eigenvalue weighted by Gasteiger charge is 2.26. The molecule has 70 valence electrons. The summed E-state index contributed by atoms with van der Waals surface area (Å²) in [4.78, 5) is 11.0. The van der Waals surface area contributed by atoms with Crippen molar-refractivity contribution in [3.05, 3.63) is 11.8 Å². The highest BCUT2D eigenvalue weighted by Crippen LogP contribution is 2.34. The lowest BCUT2D eigenvalue weighted by Gasteiger charge is -1.94. The Labute approximate surface area is 77.1 Å². The molecule has 0 spiro atoms. The van der Waals surface area contributed by atoms with E-state index in [4.69, 9.17) is 14.3 Å². The average Bonchev–Trinajstić information content (AvgIpc) is 2.65. The number of esters is 1. The molecule has 2 aromatic rings. The lowest BCUT2D eigenvalue weighted by atomic mass is 10.2. The van der Waals surface area contributed by atoms with E-state index >= 15 is 0 Å². The molecule has 0 radical (unpaired) electrons. The quantitative estimate of drug-likeness (QED) is 0.607. The van der Waals surface area contributed by atoms with E-state index in [1.165, 1.54) is 6.07 Å². The summed E-state index contributed by atoms with van der Waals surface area (Å²) in [6.45, 7) is 0. The summed E-state index contributed by atoms with van der Waals surface area (Å²) < 4.78 is 9.74. The van der Waals surface area contributed by atoms with E-state index in [1.807, 2.05) is 0 Å². The lowest BCUT2D eigenvalue weighted by molar-refractivity contribution is -0.131. The Morgan fingerprint density at radius 1 is 1.43 bits per heavy atom. The van der Waals surface area contributed by atoms with Crippen LogP contribution in [0.3, 0.4) is 0 Å². The van der Waals surface area contributed by atoms with Crippen LogP contribution in [-0.4, -0.2) is 21.3 Å². The van der Waals surface area contributed by atoms with Crippen molar-refractivity contribution in [1.29, 1.82) is 0 Å². The van der Waals surface area contributed by atoms with Crippen molar-refractivity contribution in [2.45, 2.75) is 6.42 Å². The maximum absolute atomic E-state index is 11.0. The Balaban J connectivity index is 2.37. The molecule has 0 amide bonds. The van der Waals surface area contributed by atoms with E-state index in [-0.39, 0.29) is 24.0 Å². The molecule has 6 nitrogen and oxygen atoms in total. The van der Waals surface area contributed by atoms with E-state index in [0.29, 0.717) is 16.8 Å². The summed E-state index contributed by atoms with van der Waals surface area (Å²) in [5.41, 5.74) is 0.638. The summed E-state index contributed by atoms with van der Waals surface area (Å²) >= 11 is 0. The van der Waals surface area contributed by atoms with Gasteiger partial charge in [0.2, 0.25) is 0 Å². The normalized spacial score (nSPS) is 14.4. The van der Waals surface area contributed by atoms with Crippen molar-refractivity contribution in [3.8, 4) is 11.7 Å². The monoisotopic (exact) mass is 192 g/mol. The number of fused-ring (bicyclic) bond motifs is 3. The molecule has 0 fully saturated rings. The minimum Gasteiger partial charge on any atom is -0.481 e. The fourth-order valence-electron chi connectivity index (χ4n) is 1.43. The third kappa shape index (κ3) is 0.819. The molecule has 0 atom stereocenters. The minimum atomic E-state index is -0.373. The minimum absolute atomic E-state index is 0.115. The van der Waals surface area contributed by atoms with Crippen molar-refractivity contribution >= 4 is 17.1 Å². The van der Waals surface area contributed by atoms with Crippen LogP contribution >= 0.6 is 0 Å². The number of aromatic nitrogens is 2. The second-order valence-corrected chi connectivity index (χ2v) is 2.93. The van der Waals surface area contributed by atoms with E-state index < -0.39 is 0 Å². The molecule has 0 unspecified atom stereocenters. The SMILES string of the molecule is O=C1Cc2nnc3oc(O)cc3c2O1. The Morgan fingerprint density at radius 2 is 2.29 bits per heavy atom. The molecule has 3 rings (SSSR count). The zero-order valence-corrected chi connectivity index (χ0v) is 6.85. The third-order valence-corrected chi connectivity index (χ3v) is 2.00. The first kappa shape index (κ1) is 7.31. The highest BCUT2D eigenvalue weighted by atomic mass is 16.5. The first-order chi connectivity index (χ1) is 6.74. The van der Waals surface area contributed by atoms with Gasteiger partial charge < -0.3 is 14.3 Å². The van der Waals surface area contributed by atoms with Gasteiger partial charge in [0.1, 0.15) is 5.69 Å². The van der Waals surface area contributed by atoms with Crippen LogP contribution in [0, 0.1) is 0 Å². The Bertz CT molecular complexity index is 546. The van der Waals surface area contributed by atoms with Gasteiger partial charge in [0.05, 0.1) is 11.8 Å². The van der Waals surface area contributed by atoms with Gasteiger partial charge >= 0.3 is 5.97 Å².